The van der Waals surface area contributed by atoms with E-state index >= 15 is 0 Å². The van der Waals surface area contributed by atoms with Crippen LogP contribution in [-0.4, -0.2) is 60.9 Å². The molecule has 2 aliphatic rings. The molecule has 1 aromatic rings. The zero-order chi connectivity index (χ0) is 17.9. The molecular formula is C19H28FIN4O. The van der Waals surface area contributed by atoms with Gasteiger partial charge in [-0.05, 0) is 37.5 Å². The Balaban J connectivity index is 0.00000243. The molecule has 3 rings (SSSR count). The summed E-state index contributed by atoms with van der Waals surface area (Å²) in [6.07, 6.45) is 2.11. The first kappa shape index (κ1) is 20.9. The van der Waals surface area contributed by atoms with Gasteiger partial charge in [-0.25, -0.2) is 4.39 Å². The van der Waals surface area contributed by atoms with Gasteiger partial charge in [-0.2, -0.15) is 0 Å². The van der Waals surface area contributed by atoms with Gasteiger partial charge in [-0.1, -0.05) is 12.1 Å². The molecular weight excluding hydrogens is 446 g/mol. The van der Waals surface area contributed by atoms with Crippen molar-refractivity contribution in [3.63, 3.8) is 0 Å². The lowest BCUT2D eigenvalue weighted by molar-refractivity contribution is -0.130. The Kier molecular flexibility index (Phi) is 7.25. The van der Waals surface area contributed by atoms with Crippen molar-refractivity contribution in [2.24, 2.45) is 4.99 Å². The SMILES string of the molecule is CCNC(=NCC1(c2cccc(F)c2)CC1)N1CCN(C(C)=O)CC1.I. The van der Waals surface area contributed by atoms with Gasteiger partial charge in [-0.3, -0.25) is 9.79 Å². The fourth-order valence-corrected chi connectivity index (χ4v) is 3.39. The molecule has 1 aliphatic heterocycles. The van der Waals surface area contributed by atoms with Crippen molar-refractivity contribution in [1.82, 2.24) is 15.1 Å². The van der Waals surface area contributed by atoms with Gasteiger partial charge >= 0.3 is 0 Å². The molecule has 26 heavy (non-hydrogen) atoms. The topological polar surface area (TPSA) is 47.9 Å². The van der Waals surface area contributed by atoms with Gasteiger partial charge in [0.15, 0.2) is 5.96 Å². The smallest absolute Gasteiger partial charge is 0.219 e. The van der Waals surface area contributed by atoms with Gasteiger partial charge in [0, 0.05) is 45.1 Å². The Morgan fingerprint density at radius 3 is 2.42 bits per heavy atom. The monoisotopic (exact) mass is 474 g/mol. The Morgan fingerprint density at radius 2 is 1.88 bits per heavy atom. The van der Waals surface area contributed by atoms with Gasteiger partial charge in [0.05, 0.1) is 6.54 Å². The van der Waals surface area contributed by atoms with E-state index < -0.39 is 0 Å². The van der Waals surface area contributed by atoms with Crippen LogP contribution in [0.4, 0.5) is 4.39 Å². The van der Waals surface area contributed by atoms with E-state index in [1.165, 1.54) is 6.07 Å². The lowest BCUT2D eigenvalue weighted by atomic mass is 9.96. The summed E-state index contributed by atoms with van der Waals surface area (Å²) in [6, 6.07) is 6.91. The van der Waals surface area contributed by atoms with Gasteiger partial charge in [0.2, 0.25) is 5.91 Å². The second-order valence-corrected chi connectivity index (χ2v) is 6.95. The molecule has 0 spiro atoms. The lowest BCUT2D eigenvalue weighted by Gasteiger charge is -2.36. The second kappa shape index (κ2) is 9.01. The quantitative estimate of drug-likeness (QED) is 0.415. The van der Waals surface area contributed by atoms with Crippen LogP contribution in [0.3, 0.4) is 0 Å². The standard InChI is InChI=1S/C19H27FN4O.HI/c1-3-21-18(24-11-9-23(10-12-24)15(2)25)22-14-19(7-8-19)16-5-4-6-17(20)13-16;/h4-6,13H,3,7-12,14H2,1-2H3,(H,21,22);1H. The Hall–Kier alpha value is -1.38. The lowest BCUT2D eigenvalue weighted by Crippen LogP contribution is -2.53. The number of amides is 1. The van der Waals surface area contributed by atoms with Crippen LogP contribution in [-0.2, 0) is 10.2 Å². The minimum absolute atomic E-state index is 0. The summed E-state index contributed by atoms with van der Waals surface area (Å²) in [5.74, 6) is 0.845. The molecule has 0 unspecified atom stereocenters. The number of guanidine groups is 1. The van der Waals surface area contributed by atoms with Crippen molar-refractivity contribution >= 4 is 35.8 Å². The Bertz CT molecular complexity index is 655. The molecule has 1 N–H and O–H groups in total. The number of hydrogen-bond acceptors (Lipinski definition) is 2. The number of carbonyl (C=O) groups excluding carboxylic acids is 1. The largest absolute Gasteiger partial charge is 0.357 e. The molecule has 1 aromatic carbocycles. The van der Waals surface area contributed by atoms with Crippen molar-refractivity contribution in [2.45, 2.75) is 32.1 Å². The summed E-state index contributed by atoms with van der Waals surface area (Å²) in [5.41, 5.74) is 1.04. The zero-order valence-corrected chi connectivity index (χ0v) is 17.8. The molecule has 2 fully saturated rings. The number of halogens is 2. The average Bonchev–Trinajstić information content (AvgIpc) is 3.40. The third-order valence-electron chi connectivity index (χ3n) is 5.18. The van der Waals surface area contributed by atoms with Crippen LogP contribution in [0.1, 0.15) is 32.3 Å². The number of aliphatic imine (C=N–C) groups is 1. The molecule has 0 bridgehead atoms. The predicted molar refractivity (Wildman–Crippen MR) is 113 cm³/mol. The van der Waals surface area contributed by atoms with Crippen molar-refractivity contribution in [3.05, 3.63) is 35.6 Å². The average molecular weight is 474 g/mol. The highest BCUT2D eigenvalue weighted by Gasteiger charge is 2.44. The highest BCUT2D eigenvalue weighted by atomic mass is 127. The molecule has 5 nitrogen and oxygen atoms in total. The van der Waals surface area contributed by atoms with Crippen molar-refractivity contribution < 1.29 is 9.18 Å². The maximum Gasteiger partial charge on any atom is 0.219 e. The third kappa shape index (κ3) is 4.86. The van der Waals surface area contributed by atoms with Crippen molar-refractivity contribution in [1.29, 1.82) is 0 Å². The van der Waals surface area contributed by atoms with E-state index in [0.29, 0.717) is 6.54 Å². The van der Waals surface area contributed by atoms with E-state index in [4.69, 9.17) is 4.99 Å². The van der Waals surface area contributed by atoms with E-state index in [9.17, 15) is 9.18 Å². The predicted octanol–water partition coefficient (Wildman–Crippen LogP) is 2.60. The molecule has 1 amide bonds. The molecule has 1 saturated carbocycles. The summed E-state index contributed by atoms with van der Waals surface area (Å²) in [6.45, 7) is 8.19. The zero-order valence-electron chi connectivity index (χ0n) is 15.5. The first-order chi connectivity index (χ1) is 12.0. The fourth-order valence-electron chi connectivity index (χ4n) is 3.39. The van der Waals surface area contributed by atoms with Crippen LogP contribution in [0.15, 0.2) is 29.3 Å². The van der Waals surface area contributed by atoms with E-state index in [1.807, 2.05) is 11.0 Å². The van der Waals surface area contributed by atoms with Crippen LogP contribution in [0.25, 0.3) is 0 Å². The second-order valence-electron chi connectivity index (χ2n) is 6.95. The highest BCUT2D eigenvalue weighted by molar-refractivity contribution is 14.0. The number of nitrogens with one attached hydrogen (secondary N) is 1. The normalized spacial score (nSPS) is 19.0. The van der Waals surface area contributed by atoms with Gasteiger partial charge in [-0.15, -0.1) is 24.0 Å². The molecule has 1 aliphatic carbocycles. The molecule has 1 heterocycles. The summed E-state index contributed by atoms with van der Waals surface area (Å²) < 4.78 is 13.5. The maximum absolute atomic E-state index is 13.5. The molecule has 0 atom stereocenters. The van der Waals surface area contributed by atoms with Crippen molar-refractivity contribution in [3.8, 4) is 0 Å². The van der Waals surface area contributed by atoms with Crippen LogP contribution >= 0.6 is 24.0 Å². The number of piperazine rings is 1. The fraction of sp³-hybridized carbons (Fsp3) is 0.579. The first-order valence-corrected chi connectivity index (χ1v) is 9.09. The van der Waals surface area contributed by atoms with E-state index in [2.05, 4.69) is 17.1 Å². The van der Waals surface area contributed by atoms with E-state index in [1.54, 1.807) is 19.1 Å². The molecule has 144 valence electrons. The summed E-state index contributed by atoms with van der Waals surface area (Å²) in [4.78, 5) is 20.4. The van der Waals surface area contributed by atoms with E-state index in [0.717, 1.165) is 57.1 Å². The van der Waals surface area contributed by atoms with Crippen LogP contribution in [0.5, 0.6) is 0 Å². The number of carbonyl (C=O) groups is 1. The minimum Gasteiger partial charge on any atom is -0.357 e. The summed E-state index contributed by atoms with van der Waals surface area (Å²) in [5, 5.41) is 3.36. The summed E-state index contributed by atoms with van der Waals surface area (Å²) in [7, 11) is 0. The Labute approximate surface area is 172 Å². The van der Waals surface area contributed by atoms with Gasteiger partial charge in [0.1, 0.15) is 5.82 Å². The van der Waals surface area contributed by atoms with Crippen LogP contribution in [0, 0.1) is 5.82 Å². The number of nitrogens with zero attached hydrogens (tertiary/aromatic N) is 3. The van der Waals surface area contributed by atoms with Crippen LogP contribution in [0.2, 0.25) is 0 Å². The first-order valence-electron chi connectivity index (χ1n) is 9.09. The molecule has 7 heteroatoms. The van der Waals surface area contributed by atoms with Gasteiger partial charge < -0.3 is 15.1 Å². The van der Waals surface area contributed by atoms with E-state index in [-0.39, 0.29) is 41.1 Å². The Morgan fingerprint density at radius 1 is 1.23 bits per heavy atom. The minimum atomic E-state index is -0.181. The van der Waals surface area contributed by atoms with Gasteiger partial charge in [0.25, 0.3) is 0 Å². The highest BCUT2D eigenvalue weighted by Crippen LogP contribution is 2.48. The number of benzene rings is 1. The van der Waals surface area contributed by atoms with Crippen LogP contribution < -0.4 is 5.32 Å². The number of rotatable bonds is 4. The van der Waals surface area contributed by atoms with Crippen molar-refractivity contribution in [2.75, 3.05) is 39.3 Å². The number of hydrogen-bond donors (Lipinski definition) is 1. The summed E-state index contributed by atoms with van der Waals surface area (Å²) >= 11 is 0. The molecule has 0 radical (unpaired) electrons. The third-order valence-corrected chi connectivity index (χ3v) is 5.18. The molecule has 0 aromatic heterocycles. The molecule has 1 saturated heterocycles. The maximum atomic E-state index is 13.5.